The lowest BCUT2D eigenvalue weighted by Crippen LogP contribution is -2.40. The van der Waals surface area contributed by atoms with Crippen LogP contribution in [0, 0.1) is 0 Å². The molecule has 0 saturated carbocycles. The first-order valence-electron chi connectivity index (χ1n) is 8.95. The minimum absolute atomic E-state index is 0.295. The number of sulfonamides is 1. The monoisotopic (exact) mass is 440 g/mol. The third-order valence-corrected chi connectivity index (χ3v) is 5.61. The van der Waals surface area contributed by atoms with Gasteiger partial charge in [0.25, 0.3) is 0 Å². The van der Waals surface area contributed by atoms with Crippen LogP contribution in [-0.2, 0) is 21.2 Å². The van der Waals surface area contributed by atoms with Crippen LogP contribution in [0.4, 0.5) is 5.69 Å². The van der Waals surface area contributed by atoms with Crippen molar-refractivity contribution in [2.45, 2.75) is 12.8 Å². The highest BCUT2D eigenvalue weighted by molar-refractivity contribution is 7.92. The van der Waals surface area contributed by atoms with Crippen molar-refractivity contribution in [1.29, 1.82) is 0 Å². The maximum absolute atomic E-state index is 12.3. The molecule has 2 aromatic carbocycles. The van der Waals surface area contributed by atoms with E-state index in [2.05, 4.69) is 5.32 Å². The Labute approximate surface area is 176 Å². The van der Waals surface area contributed by atoms with Gasteiger partial charge >= 0.3 is 0 Å². The molecule has 0 heterocycles. The smallest absolute Gasteiger partial charge is 0.240 e. The molecular weight excluding hydrogens is 416 g/mol. The molecule has 158 valence electrons. The largest absolute Gasteiger partial charge is 0.493 e. The highest BCUT2D eigenvalue weighted by Crippen LogP contribution is 2.27. The molecule has 0 aromatic heterocycles. The second kappa shape index (κ2) is 10.4. The second-order valence-corrected chi connectivity index (χ2v) is 8.73. The Morgan fingerprint density at radius 1 is 1.07 bits per heavy atom. The lowest BCUT2D eigenvalue weighted by atomic mass is 10.1. The minimum Gasteiger partial charge on any atom is -0.493 e. The average molecular weight is 441 g/mol. The van der Waals surface area contributed by atoms with E-state index in [1.165, 1.54) is 0 Å². The van der Waals surface area contributed by atoms with Gasteiger partial charge in [0.2, 0.25) is 15.9 Å². The second-order valence-electron chi connectivity index (χ2n) is 6.39. The lowest BCUT2D eigenvalue weighted by molar-refractivity contribution is -0.119. The maximum atomic E-state index is 12.3. The molecule has 0 aliphatic rings. The number of aryl methyl sites for hydroxylation is 1. The molecule has 1 amide bonds. The molecule has 2 aromatic rings. The molecule has 0 spiro atoms. The number of hydrogen-bond donors (Lipinski definition) is 1. The molecule has 0 aliphatic heterocycles. The lowest BCUT2D eigenvalue weighted by Gasteiger charge is -2.22. The minimum atomic E-state index is -3.61. The number of amides is 1. The first-order chi connectivity index (χ1) is 13.7. The fourth-order valence-corrected chi connectivity index (χ4v) is 3.73. The average Bonchev–Trinajstić information content (AvgIpc) is 2.69. The molecule has 0 aliphatic carbocycles. The highest BCUT2D eigenvalue weighted by Gasteiger charge is 2.20. The van der Waals surface area contributed by atoms with Gasteiger partial charge in [-0.2, -0.15) is 0 Å². The molecule has 0 fully saturated rings. The van der Waals surface area contributed by atoms with Gasteiger partial charge < -0.3 is 14.8 Å². The normalized spacial score (nSPS) is 11.0. The van der Waals surface area contributed by atoms with E-state index in [9.17, 15) is 13.2 Å². The topological polar surface area (TPSA) is 84.9 Å². The molecule has 1 N–H and O–H groups in total. The van der Waals surface area contributed by atoms with Crippen LogP contribution in [0.5, 0.6) is 11.5 Å². The fourth-order valence-electron chi connectivity index (χ4n) is 2.75. The summed E-state index contributed by atoms with van der Waals surface area (Å²) < 4.78 is 35.7. The number of nitrogens with zero attached hydrogens (tertiary/aromatic N) is 1. The molecule has 0 radical (unpaired) electrons. The van der Waals surface area contributed by atoms with Gasteiger partial charge in [-0.25, -0.2) is 8.42 Å². The molecule has 7 nitrogen and oxygen atoms in total. The van der Waals surface area contributed by atoms with Gasteiger partial charge in [0.1, 0.15) is 6.54 Å². The van der Waals surface area contributed by atoms with E-state index in [0.29, 0.717) is 35.2 Å². The third kappa shape index (κ3) is 6.83. The van der Waals surface area contributed by atoms with Crippen molar-refractivity contribution in [3.8, 4) is 11.5 Å². The van der Waals surface area contributed by atoms with E-state index >= 15 is 0 Å². The van der Waals surface area contributed by atoms with Gasteiger partial charge in [-0.1, -0.05) is 17.7 Å². The molecule has 0 atom stereocenters. The van der Waals surface area contributed by atoms with Crippen LogP contribution >= 0.6 is 11.6 Å². The van der Waals surface area contributed by atoms with Crippen molar-refractivity contribution < 1.29 is 22.7 Å². The summed E-state index contributed by atoms with van der Waals surface area (Å²) in [4.78, 5) is 12.3. The Bertz CT molecular complexity index is 932. The molecular formula is C20H25ClN2O5S. The number of hydrogen-bond acceptors (Lipinski definition) is 5. The van der Waals surface area contributed by atoms with Gasteiger partial charge in [-0.15, -0.1) is 0 Å². The molecule has 9 heteroatoms. The van der Waals surface area contributed by atoms with Gasteiger partial charge in [0.05, 0.1) is 26.2 Å². The first kappa shape index (κ1) is 22.8. The quantitative estimate of drug-likeness (QED) is 0.574. The van der Waals surface area contributed by atoms with Crippen LogP contribution in [0.2, 0.25) is 5.02 Å². The number of methoxy groups -OCH3 is 2. The van der Waals surface area contributed by atoms with Crippen molar-refractivity contribution in [2.75, 3.05) is 37.9 Å². The fraction of sp³-hybridized carbons (Fsp3) is 0.350. The molecule has 2 rings (SSSR count). The zero-order valence-corrected chi connectivity index (χ0v) is 18.2. The van der Waals surface area contributed by atoms with Crippen molar-refractivity contribution in [1.82, 2.24) is 5.32 Å². The van der Waals surface area contributed by atoms with E-state index in [0.717, 1.165) is 22.5 Å². The zero-order valence-electron chi connectivity index (χ0n) is 16.6. The highest BCUT2D eigenvalue weighted by atomic mass is 35.5. The summed E-state index contributed by atoms with van der Waals surface area (Å²) in [5.41, 5.74) is 1.44. The van der Waals surface area contributed by atoms with E-state index in [1.54, 1.807) is 38.5 Å². The van der Waals surface area contributed by atoms with Crippen molar-refractivity contribution in [3.05, 3.63) is 53.1 Å². The number of benzene rings is 2. The summed E-state index contributed by atoms with van der Waals surface area (Å²) in [6.07, 6.45) is 2.49. The van der Waals surface area contributed by atoms with Crippen molar-refractivity contribution >= 4 is 33.2 Å². The summed E-state index contributed by atoms with van der Waals surface area (Å²) in [7, 11) is -0.450. The number of carbonyl (C=O) groups excluding carboxylic acids is 1. The van der Waals surface area contributed by atoms with Gasteiger partial charge in [0.15, 0.2) is 11.5 Å². The van der Waals surface area contributed by atoms with Crippen LogP contribution in [-0.4, -0.2) is 47.9 Å². The predicted octanol–water partition coefficient (Wildman–Crippen LogP) is 2.87. The molecule has 29 heavy (non-hydrogen) atoms. The van der Waals surface area contributed by atoms with Crippen LogP contribution in [0.1, 0.15) is 12.0 Å². The first-order valence-corrected chi connectivity index (χ1v) is 11.2. The van der Waals surface area contributed by atoms with E-state index in [1.807, 2.05) is 18.2 Å². The predicted molar refractivity (Wildman–Crippen MR) is 115 cm³/mol. The molecule has 0 bridgehead atoms. The maximum Gasteiger partial charge on any atom is 0.240 e. The van der Waals surface area contributed by atoms with E-state index < -0.39 is 10.0 Å². The van der Waals surface area contributed by atoms with Crippen LogP contribution < -0.4 is 19.1 Å². The van der Waals surface area contributed by atoms with Crippen LogP contribution in [0.25, 0.3) is 0 Å². The summed E-state index contributed by atoms with van der Waals surface area (Å²) in [6.45, 7) is 0.127. The van der Waals surface area contributed by atoms with Gasteiger partial charge in [-0.3, -0.25) is 9.10 Å². The van der Waals surface area contributed by atoms with Crippen molar-refractivity contribution in [2.24, 2.45) is 0 Å². The van der Waals surface area contributed by atoms with Gasteiger partial charge in [-0.05, 0) is 54.8 Å². The Morgan fingerprint density at radius 2 is 1.72 bits per heavy atom. The number of nitrogens with one attached hydrogen (secondary N) is 1. The summed E-state index contributed by atoms with van der Waals surface area (Å²) in [5, 5.41) is 3.25. The summed E-state index contributed by atoms with van der Waals surface area (Å²) >= 11 is 5.85. The number of carbonyl (C=O) groups is 1. The van der Waals surface area contributed by atoms with Crippen LogP contribution in [0.3, 0.4) is 0 Å². The third-order valence-electron chi connectivity index (χ3n) is 4.21. The summed E-state index contributed by atoms with van der Waals surface area (Å²) in [6, 6.07) is 12.0. The van der Waals surface area contributed by atoms with Crippen LogP contribution in [0.15, 0.2) is 42.5 Å². The Morgan fingerprint density at radius 3 is 2.31 bits per heavy atom. The molecule has 0 unspecified atom stereocenters. The summed E-state index contributed by atoms with van der Waals surface area (Å²) in [5.74, 6) is 0.936. The zero-order chi connectivity index (χ0) is 21.4. The Kier molecular flexibility index (Phi) is 8.16. The number of ether oxygens (including phenoxy) is 2. The number of anilines is 1. The number of halogens is 1. The van der Waals surface area contributed by atoms with E-state index in [4.69, 9.17) is 21.1 Å². The van der Waals surface area contributed by atoms with Gasteiger partial charge in [0, 0.05) is 11.6 Å². The van der Waals surface area contributed by atoms with Crippen molar-refractivity contribution in [3.63, 3.8) is 0 Å². The number of rotatable bonds is 10. The SMILES string of the molecule is COc1ccc(CCCNC(=O)CN(c2ccc(Cl)cc2)S(C)(=O)=O)cc1OC. The molecule has 0 saturated heterocycles. The standard InChI is InChI=1S/C20H25ClN2O5S/c1-27-18-11-6-15(13-19(18)28-2)5-4-12-22-20(24)14-23(29(3,25)26)17-9-7-16(21)8-10-17/h6-11,13H,4-5,12,14H2,1-3H3,(H,22,24). The Balaban J connectivity index is 1.89. The van der Waals surface area contributed by atoms with E-state index in [-0.39, 0.29) is 12.5 Å². The Hall–Kier alpha value is -2.45.